The Morgan fingerprint density at radius 3 is 1.15 bits per heavy atom. The first-order valence-corrected chi connectivity index (χ1v) is 35.1. The number of carbonyl (C=O) groups is 2. The Bertz CT molecular complexity index is 1710. The van der Waals surface area contributed by atoms with Crippen molar-refractivity contribution in [2.75, 3.05) is 40.9 Å². The summed E-state index contributed by atoms with van der Waals surface area (Å²) in [5.41, 5.74) is 0. The van der Waals surface area contributed by atoms with Crippen LogP contribution in [0.3, 0.4) is 0 Å². The van der Waals surface area contributed by atoms with Gasteiger partial charge in [-0.15, -0.1) is 0 Å². The van der Waals surface area contributed by atoms with Crippen molar-refractivity contribution in [2.45, 2.75) is 303 Å². The number of ether oxygens (including phenoxy) is 1. The zero-order valence-corrected chi connectivity index (χ0v) is 54.4. The van der Waals surface area contributed by atoms with Gasteiger partial charge in [-0.3, -0.25) is 18.6 Å². The fourth-order valence-electron chi connectivity index (χ4n) is 9.28. The summed E-state index contributed by atoms with van der Waals surface area (Å²) in [7, 11) is 1.47. The quantitative estimate of drug-likeness (QED) is 0.0205. The van der Waals surface area contributed by atoms with Crippen molar-refractivity contribution < 1.29 is 37.3 Å². The van der Waals surface area contributed by atoms with Crippen LogP contribution in [0.2, 0.25) is 0 Å². The Morgan fingerprint density at radius 2 is 0.753 bits per heavy atom. The molecule has 0 radical (unpaired) electrons. The monoisotopic (exact) mass is 1150 g/mol. The molecule has 0 saturated heterocycles. The first-order valence-electron chi connectivity index (χ1n) is 33.6. The summed E-state index contributed by atoms with van der Waals surface area (Å²) in [5, 5.41) is 3.05. The molecule has 0 saturated carbocycles. The van der Waals surface area contributed by atoms with Crippen molar-refractivity contribution in [3.63, 3.8) is 0 Å². The van der Waals surface area contributed by atoms with Crippen LogP contribution in [0.25, 0.3) is 0 Å². The summed E-state index contributed by atoms with van der Waals surface area (Å²) < 4.78 is 30.7. The Kier molecular flexibility index (Phi) is 57.8. The molecule has 0 heterocycles. The number of carbonyl (C=O) groups excluding carboxylic acids is 2. The maximum Gasteiger partial charge on any atom is 0.472 e. The molecule has 0 aliphatic heterocycles. The first-order chi connectivity index (χ1) is 39.4. The van der Waals surface area contributed by atoms with E-state index in [9.17, 15) is 19.0 Å². The highest BCUT2D eigenvalue weighted by Crippen LogP contribution is 2.43. The van der Waals surface area contributed by atoms with Gasteiger partial charge in [0.1, 0.15) is 19.3 Å². The number of quaternary nitrogens is 1. The van der Waals surface area contributed by atoms with Crippen LogP contribution in [0.5, 0.6) is 0 Å². The standard InChI is InChI=1S/C71H127N2O7P/c1-7-10-13-16-19-22-25-27-29-31-33-34-35-36-37-38-40-42-44-46-49-52-55-58-61-64-71(75)80-69(62-59-56-53-50-47-24-21-18-15-12-9-3)68(67-79-81(76,77)78-66-65-73(4,5)6)72-70(74)63-60-57-54-51-48-45-43-41-39-32-30-28-26-23-20-17-14-11-8-2/h19-20,22-23,27-30,33-34,36-37,39,41,59,62,68-69H,7-18,21,24-26,31-32,35,38,40,42-58,60-61,63-67H2,1-6H3,(H-,72,74,76,77)/p+1/b22-19-,23-20-,29-27-,30-28-,34-33-,37-36-,41-39-,62-59-. The molecule has 0 aliphatic rings. The van der Waals surface area contributed by atoms with Gasteiger partial charge in [0.15, 0.2) is 0 Å². The van der Waals surface area contributed by atoms with Crippen LogP contribution in [-0.4, -0.2) is 74.3 Å². The van der Waals surface area contributed by atoms with Crippen LogP contribution in [-0.2, 0) is 27.9 Å². The zero-order valence-electron chi connectivity index (χ0n) is 53.5. The highest BCUT2D eigenvalue weighted by atomic mass is 31.2. The third kappa shape index (κ3) is 61.3. The van der Waals surface area contributed by atoms with Gasteiger partial charge in [-0.25, -0.2) is 4.57 Å². The number of phosphoric acid groups is 1. The fraction of sp³-hybridized carbons (Fsp3) is 0.746. The number of likely N-dealkylation sites (N-methyl/N-ethyl adjacent to an activating group) is 1. The van der Waals surface area contributed by atoms with Crippen molar-refractivity contribution in [1.29, 1.82) is 0 Å². The van der Waals surface area contributed by atoms with Gasteiger partial charge in [0.2, 0.25) is 5.91 Å². The highest BCUT2D eigenvalue weighted by molar-refractivity contribution is 7.47. The van der Waals surface area contributed by atoms with Crippen molar-refractivity contribution in [3.8, 4) is 0 Å². The molecule has 0 aromatic heterocycles. The predicted octanol–water partition coefficient (Wildman–Crippen LogP) is 21.1. The number of amides is 1. The lowest BCUT2D eigenvalue weighted by Gasteiger charge is -2.27. The maximum absolute atomic E-state index is 13.6. The van der Waals surface area contributed by atoms with Gasteiger partial charge in [0.25, 0.3) is 0 Å². The van der Waals surface area contributed by atoms with Crippen LogP contribution in [0, 0.1) is 0 Å². The molecule has 0 fully saturated rings. The Balaban J connectivity index is 5.14. The normalized spacial score (nSPS) is 14.2. The van der Waals surface area contributed by atoms with Crippen molar-refractivity contribution in [2.24, 2.45) is 0 Å². The van der Waals surface area contributed by atoms with Crippen LogP contribution >= 0.6 is 7.82 Å². The highest BCUT2D eigenvalue weighted by Gasteiger charge is 2.30. The van der Waals surface area contributed by atoms with E-state index in [-0.39, 0.29) is 31.5 Å². The summed E-state index contributed by atoms with van der Waals surface area (Å²) in [6, 6.07) is -0.863. The van der Waals surface area contributed by atoms with Crippen molar-refractivity contribution >= 4 is 19.7 Å². The molecule has 0 spiro atoms. The molecular weight excluding hydrogens is 1020 g/mol. The van der Waals surface area contributed by atoms with Gasteiger partial charge < -0.3 is 19.4 Å². The number of esters is 1. The van der Waals surface area contributed by atoms with Crippen LogP contribution in [0.4, 0.5) is 0 Å². The van der Waals surface area contributed by atoms with Crippen LogP contribution in [0.15, 0.2) is 97.2 Å². The van der Waals surface area contributed by atoms with Crippen LogP contribution < -0.4 is 5.32 Å². The average molecular weight is 1150 g/mol. The van der Waals surface area contributed by atoms with Gasteiger partial charge in [0, 0.05) is 12.8 Å². The van der Waals surface area contributed by atoms with Crippen molar-refractivity contribution in [3.05, 3.63) is 97.2 Å². The van der Waals surface area contributed by atoms with E-state index >= 15 is 0 Å². The SMILES string of the molecule is CCCCC/C=C\C/C=C\C/C=C\C/C=C\CCCCCCCCCCCC(=O)OC(/C=C\CCCCCCCCCCC)C(COP(=O)(O)OCC[N+](C)(C)C)NC(=O)CCCCCCCC/C=C\C/C=C\C/C=C\CCCCC. The number of hydrogen-bond acceptors (Lipinski definition) is 6. The molecule has 1 amide bonds. The second kappa shape index (κ2) is 60.1. The lowest BCUT2D eigenvalue weighted by atomic mass is 10.0. The smallest absolute Gasteiger partial charge is 0.456 e. The van der Waals surface area contributed by atoms with Gasteiger partial charge >= 0.3 is 13.8 Å². The second-order valence-electron chi connectivity index (χ2n) is 23.6. The number of allylic oxidation sites excluding steroid dienone is 15. The number of rotatable bonds is 60. The number of nitrogens with zero attached hydrogens (tertiary/aromatic N) is 1. The minimum Gasteiger partial charge on any atom is -0.456 e. The predicted molar refractivity (Wildman–Crippen MR) is 350 cm³/mol. The number of phosphoric ester groups is 1. The molecule has 0 bridgehead atoms. The first kappa shape index (κ1) is 77.9. The van der Waals surface area contributed by atoms with E-state index < -0.39 is 20.0 Å². The van der Waals surface area contributed by atoms with Crippen molar-refractivity contribution in [1.82, 2.24) is 5.32 Å². The van der Waals surface area contributed by atoms with E-state index in [1.165, 1.54) is 141 Å². The number of hydrogen-bond donors (Lipinski definition) is 2. The molecule has 0 rings (SSSR count). The molecule has 0 aromatic carbocycles. The summed E-state index contributed by atoms with van der Waals surface area (Å²) in [4.78, 5) is 37.8. The largest absolute Gasteiger partial charge is 0.472 e. The molecule has 468 valence electrons. The molecule has 9 nitrogen and oxygen atoms in total. The van der Waals surface area contributed by atoms with E-state index in [0.717, 1.165) is 116 Å². The average Bonchev–Trinajstić information content (AvgIpc) is 3.43. The Hall–Kier alpha value is -3.07. The Labute approximate surface area is 500 Å². The van der Waals surface area contributed by atoms with E-state index in [1.54, 1.807) is 0 Å². The lowest BCUT2D eigenvalue weighted by Crippen LogP contribution is -2.47. The molecular formula is C71H128N2O7P+. The van der Waals surface area contributed by atoms with E-state index in [0.29, 0.717) is 17.4 Å². The number of unbranched alkanes of at least 4 members (excludes halogenated alkanes) is 30. The molecule has 3 unspecified atom stereocenters. The van der Waals surface area contributed by atoms with Gasteiger partial charge in [-0.2, -0.15) is 0 Å². The third-order valence-corrected chi connectivity index (χ3v) is 15.5. The molecule has 0 aliphatic carbocycles. The van der Waals surface area contributed by atoms with E-state index in [4.69, 9.17) is 13.8 Å². The lowest BCUT2D eigenvalue weighted by molar-refractivity contribution is -0.870. The molecule has 2 N–H and O–H groups in total. The zero-order chi connectivity index (χ0) is 59.3. The summed E-state index contributed by atoms with van der Waals surface area (Å²) in [6.07, 6.45) is 81.2. The minimum absolute atomic E-state index is 0.0323. The third-order valence-electron chi connectivity index (χ3n) is 14.5. The second-order valence-corrected chi connectivity index (χ2v) is 25.1. The summed E-state index contributed by atoms with van der Waals surface area (Å²) in [6.45, 7) is 6.94. The molecule has 0 aromatic rings. The molecule has 3 atom stereocenters. The fourth-order valence-corrected chi connectivity index (χ4v) is 10.0. The van der Waals surface area contributed by atoms with Gasteiger partial charge in [-0.05, 0) is 115 Å². The van der Waals surface area contributed by atoms with Gasteiger partial charge in [-0.1, -0.05) is 260 Å². The van der Waals surface area contributed by atoms with E-state index in [2.05, 4.69) is 111 Å². The summed E-state index contributed by atoms with van der Waals surface area (Å²) in [5.74, 6) is -0.527. The number of nitrogens with one attached hydrogen (secondary N) is 1. The maximum atomic E-state index is 13.6. The molecule has 10 heteroatoms. The van der Waals surface area contributed by atoms with Gasteiger partial charge in [0.05, 0.1) is 33.8 Å². The minimum atomic E-state index is -4.46. The van der Waals surface area contributed by atoms with E-state index in [1.807, 2.05) is 33.3 Å². The summed E-state index contributed by atoms with van der Waals surface area (Å²) >= 11 is 0. The van der Waals surface area contributed by atoms with Crippen LogP contribution in [0.1, 0.15) is 290 Å². The molecule has 81 heavy (non-hydrogen) atoms. The Morgan fingerprint density at radius 1 is 0.432 bits per heavy atom. The topological polar surface area (TPSA) is 111 Å².